The lowest BCUT2D eigenvalue weighted by atomic mass is 10.1. The van der Waals surface area contributed by atoms with Crippen LogP contribution in [-0.4, -0.2) is 18.6 Å². The first kappa shape index (κ1) is 16.7. The molecule has 0 fully saturated rings. The monoisotopic (exact) mass is 391 g/mol. The van der Waals surface area contributed by atoms with Gasteiger partial charge in [0.1, 0.15) is 6.04 Å². The summed E-state index contributed by atoms with van der Waals surface area (Å²) in [6.07, 6.45) is 0.952. The van der Waals surface area contributed by atoms with Crippen molar-refractivity contribution in [1.82, 2.24) is 5.32 Å². The van der Waals surface area contributed by atoms with Crippen molar-refractivity contribution in [2.75, 3.05) is 6.61 Å². The van der Waals surface area contributed by atoms with E-state index < -0.39 is 6.04 Å². The van der Waals surface area contributed by atoms with Crippen molar-refractivity contribution in [1.29, 1.82) is 0 Å². The summed E-state index contributed by atoms with van der Waals surface area (Å²) in [7, 11) is 0. The molecule has 1 aromatic carbocycles. The fourth-order valence-corrected chi connectivity index (χ4v) is 2.26. The van der Waals surface area contributed by atoms with E-state index in [1.54, 1.807) is 0 Å². The van der Waals surface area contributed by atoms with Crippen LogP contribution in [-0.2, 0) is 9.53 Å². The van der Waals surface area contributed by atoms with Crippen molar-refractivity contribution in [2.24, 2.45) is 0 Å². The SMILES string of the molecule is CCOC(=O)C(NC(C)CC)c1ccc(Br)c(Br)c1. The van der Waals surface area contributed by atoms with Gasteiger partial charge in [0.25, 0.3) is 0 Å². The van der Waals surface area contributed by atoms with E-state index in [0.717, 1.165) is 20.9 Å². The molecule has 0 aliphatic carbocycles. The number of carbonyl (C=O) groups excluding carboxylic acids is 1. The molecule has 1 N–H and O–H groups in total. The molecule has 19 heavy (non-hydrogen) atoms. The van der Waals surface area contributed by atoms with Crippen LogP contribution in [0.2, 0.25) is 0 Å². The third-order valence-corrected chi connectivity index (χ3v) is 4.74. The zero-order valence-corrected chi connectivity index (χ0v) is 14.5. The summed E-state index contributed by atoms with van der Waals surface area (Å²) < 4.78 is 7.03. The van der Waals surface area contributed by atoms with E-state index >= 15 is 0 Å². The van der Waals surface area contributed by atoms with Crippen LogP contribution in [0.15, 0.2) is 27.1 Å². The van der Waals surface area contributed by atoms with Crippen LogP contribution in [0.4, 0.5) is 0 Å². The van der Waals surface area contributed by atoms with Gasteiger partial charge in [0.05, 0.1) is 6.61 Å². The molecular formula is C14H19Br2NO2. The molecular weight excluding hydrogens is 374 g/mol. The average molecular weight is 393 g/mol. The lowest BCUT2D eigenvalue weighted by Gasteiger charge is -2.22. The van der Waals surface area contributed by atoms with Gasteiger partial charge in [-0.05, 0) is 69.8 Å². The molecule has 0 heterocycles. The number of esters is 1. The Morgan fingerprint density at radius 1 is 1.32 bits per heavy atom. The Hall–Kier alpha value is -0.390. The quantitative estimate of drug-likeness (QED) is 0.737. The number of hydrogen-bond acceptors (Lipinski definition) is 3. The Morgan fingerprint density at radius 2 is 2.00 bits per heavy atom. The first-order valence-electron chi connectivity index (χ1n) is 6.37. The normalized spacial score (nSPS) is 13.9. The maximum Gasteiger partial charge on any atom is 0.327 e. The first-order valence-corrected chi connectivity index (χ1v) is 7.95. The molecule has 0 saturated carbocycles. The molecule has 2 atom stereocenters. The minimum absolute atomic E-state index is 0.239. The number of halogens is 2. The van der Waals surface area contributed by atoms with Crippen molar-refractivity contribution in [3.63, 3.8) is 0 Å². The number of ether oxygens (including phenoxy) is 1. The molecule has 1 rings (SSSR count). The Kier molecular flexibility index (Phi) is 7.04. The fourth-order valence-electron chi connectivity index (χ4n) is 1.62. The Bertz CT molecular complexity index is 437. The van der Waals surface area contributed by atoms with Gasteiger partial charge in [0.15, 0.2) is 0 Å². The third kappa shape index (κ3) is 4.89. The summed E-state index contributed by atoms with van der Waals surface area (Å²) in [5.41, 5.74) is 0.897. The number of nitrogens with one attached hydrogen (secondary N) is 1. The van der Waals surface area contributed by atoms with Crippen LogP contribution in [0, 0.1) is 0 Å². The maximum absolute atomic E-state index is 12.1. The number of rotatable bonds is 6. The Morgan fingerprint density at radius 3 is 2.53 bits per heavy atom. The molecule has 3 nitrogen and oxygen atoms in total. The third-order valence-electron chi connectivity index (χ3n) is 2.86. The lowest BCUT2D eigenvalue weighted by molar-refractivity contribution is -0.146. The second kappa shape index (κ2) is 8.02. The average Bonchev–Trinajstić information content (AvgIpc) is 2.39. The van der Waals surface area contributed by atoms with Gasteiger partial charge in [0, 0.05) is 15.0 Å². The highest BCUT2D eigenvalue weighted by atomic mass is 79.9. The van der Waals surface area contributed by atoms with E-state index in [1.807, 2.05) is 25.1 Å². The van der Waals surface area contributed by atoms with Gasteiger partial charge < -0.3 is 4.74 Å². The van der Waals surface area contributed by atoms with Crippen LogP contribution in [0.3, 0.4) is 0 Å². The molecule has 0 amide bonds. The molecule has 1 aromatic rings. The fraction of sp³-hybridized carbons (Fsp3) is 0.500. The van der Waals surface area contributed by atoms with Crippen LogP contribution < -0.4 is 5.32 Å². The summed E-state index contributed by atoms with van der Waals surface area (Å²) in [4.78, 5) is 12.1. The van der Waals surface area contributed by atoms with E-state index in [9.17, 15) is 4.79 Å². The van der Waals surface area contributed by atoms with Gasteiger partial charge >= 0.3 is 5.97 Å². The minimum Gasteiger partial charge on any atom is -0.465 e. The highest BCUT2D eigenvalue weighted by Crippen LogP contribution is 2.27. The molecule has 0 radical (unpaired) electrons. The van der Waals surface area contributed by atoms with Gasteiger partial charge in [-0.1, -0.05) is 13.0 Å². The van der Waals surface area contributed by atoms with Crippen LogP contribution >= 0.6 is 31.9 Å². The maximum atomic E-state index is 12.1. The van der Waals surface area contributed by atoms with Crippen molar-refractivity contribution in [3.8, 4) is 0 Å². The van der Waals surface area contributed by atoms with Gasteiger partial charge in [-0.15, -0.1) is 0 Å². The molecule has 0 aromatic heterocycles. The first-order chi connectivity index (χ1) is 8.99. The lowest BCUT2D eigenvalue weighted by Crippen LogP contribution is -2.36. The molecule has 106 valence electrons. The highest BCUT2D eigenvalue weighted by Gasteiger charge is 2.23. The van der Waals surface area contributed by atoms with Crippen LogP contribution in [0.1, 0.15) is 38.8 Å². The largest absolute Gasteiger partial charge is 0.465 e. The van der Waals surface area contributed by atoms with E-state index in [-0.39, 0.29) is 12.0 Å². The van der Waals surface area contributed by atoms with Crippen molar-refractivity contribution in [3.05, 3.63) is 32.7 Å². The van der Waals surface area contributed by atoms with Crippen molar-refractivity contribution in [2.45, 2.75) is 39.3 Å². The molecule has 0 aliphatic heterocycles. The van der Waals surface area contributed by atoms with E-state index in [1.165, 1.54) is 0 Å². The van der Waals surface area contributed by atoms with Gasteiger partial charge in [0.2, 0.25) is 0 Å². The predicted molar refractivity (Wildman–Crippen MR) is 84.1 cm³/mol. The summed E-state index contributed by atoms with van der Waals surface area (Å²) in [6, 6.07) is 5.59. The second-order valence-electron chi connectivity index (χ2n) is 4.33. The topological polar surface area (TPSA) is 38.3 Å². The summed E-state index contributed by atoms with van der Waals surface area (Å²) in [5, 5.41) is 3.30. The summed E-state index contributed by atoms with van der Waals surface area (Å²) in [6.45, 7) is 6.34. The van der Waals surface area contributed by atoms with E-state index in [0.29, 0.717) is 6.61 Å². The zero-order valence-electron chi connectivity index (χ0n) is 11.4. The number of benzene rings is 1. The zero-order chi connectivity index (χ0) is 14.4. The second-order valence-corrected chi connectivity index (χ2v) is 6.04. The molecule has 5 heteroatoms. The van der Waals surface area contributed by atoms with Crippen LogP contribution in [0.25, 0.3) is 0 Å². The van der Waals surface area contributed by atoms with Gasteiger partial charge in [-0.25, -0.2) is 4.79 Å². The van der Waals surface area contributed by atoms with Crippen molar-refractivity contribution >= 4 is 37.8 Å². The molecule has 0 aliphatic rings. The predicted octanol–water partition coefficient (Wildman–Crippen LogP) is 4.20. The Balaban J connectivity index is 3.00. The summed E-state index contributed by atoms with van der Waals surface area (Å²) >= 11 is 6.89. The smallest absolute Gasteiger partial charge is 0.327 e. The summed E-state index contributed by atoms with van der Waals surface area (Å²) in [5.74, 6) is -0.239. The number of carbonyl (C=O) groups is 1. The molecule has 2 unspecified atom stereocenters. The molecule has 0 saturated heterocycles. The molecule has 0 bridgehead atoms. The number of hydrogen-bond donors (Lipinski definition) is 1. The standard InChI is InChI=1S/C14H19Br2NO2/c1-4-9(3)17-13(14(18)19-5-2)10-6-7-11(15)12(16)8-10/h6-9,13,17H,4-5H2,1-3H3. The van der Waals surface area contributed by atoms with E-state index in [4.69, 9.17) is 4.74 Å². The minimum atomic E-state index is -0.431. The van der Waals surface area contributed by atoms with E-state index in [2.05, 4.69) is 51.0 Å². The van der Waals surface area contributed by atoms with Gasteiger partial charge in [-0.2, -0.15) is 0 Å². The van der Waals surface area contributed by atoms with Gasteiger partial charge in [-0.3, -0.25) is 5.32 Å². The highest BCUT2D eigenvalue weighted by molar-refractivity contribution is 9.13. The van der Waals surface area contributed by atoms with Crippen LogP contribution in [0.5, 0.6) is 0 Å². The Labute approximate surface area is 131 Å². The van der Waals surface area contributed by atoms with Crippen molar-refractivity contribution < 1.29 is 9.53 Å². The molecule has 0 spiro atoms.